The smallest absolute Gasteiger partial charge is 0.261 e. The van der Waals surface area contributed by atoms with Gasteiger partial charge in [0.05, 0.1) is 4.47 Å². The third-order valence-corrected chi connectivity index (χ3v) is 5.55. The van der Waals surface area contributed by atoms with Crippen LogP contribution in [0.1, 0.15) is 32.3 Å². The van der Waals surface area contributed by atoms with Crippen molar-refractivity contribution in [3.63, 3.8) is 0 Å². The monoisotopic (exact) mass is 514 g/mol. The van der Waals surface area contributed by atoms with Crippen molar-refractivity contribution in [2.24, 2.45) is 0 Å². The van der Waals surface area contributed by atoms with Gasteiger partial charge in [-0.1, -0.05) is 49.2 Å². The molecule has 8 heteroatoms. The van der Waals surface area contributed by atoms with Crippen LogP contribution >= 0.6 is 39.1 Å². The molecule has 1 unspecified atom stereocenters. The van der Waals surface area contributed by atoms with Gasteiger partial charge in [-0.25, -0.2) is 0 Å². The second-order valence-corrected chi connectivity index (χ2v) is 8.45. The molecule has 2 amide bonds. The molecule has 0 fully saturated rings. The van der Waals surface area contributed by atoms with E-state index in [1.54, 1.807) is 35.2 Å². The Balaban J connectivity index is 2.20. The lowest BCUT2D eigenvalue weighted by atomic mass is 10.1. The maximum Gasteiger partial charge on any atom is 0.261 e. The van der Waals surface area contributed by atoms with Crippen LogP contribution in [-0.2, 0) is 16.1 Å². The van der Waals surface area contributed by atoms with Crippen LogP contribution < -0.4 is 10.1 Å². The molecule has 0 saturated carbocycles. The Hall–Kier alpha value is -1.76. The highest BCUT2D eigenvalue weighted by Gasteiger charge is 2.28. The predicted molar refractivity (Wildman–Crippen MR) is 124 cm³/mol. The number of carbonyl (C=O) groups excluding carboxylic acids is 2. The lowest BCUT2D eigenvalue weighted by Gasteiger charge is -2.30. The van der Waals surface area contributed by atoms with Crippen LogP contribution in [0.4, 0.5) is 0 Å². The summed E-state index contributed by atoms with van der Waals surface area (Å²) >= 11 is 15.3. The molecule has 1 atom stereocenters. The highest BCUT2D eigenvalue weighted by atomic mass is 79.9. The third kappa shape index (κ3) is 7.18. The van der Waals surface area contributed by atoms with Gasteiger partial charge >= 0.3 is 0 Å². The lowest BCUT2D eigenvalue weighted by Crippen LogP contribution is -2.50. The summed E-state index contributed by atoms with van der Waals surface area (Å²) in [6, 6.07) is 11.7. The Kier molecular flexibility index (Phi) is 9.95. The molecule has 0 aliphatic rings. The van der Waals surface area contributed by atoms with Gasteiger partial charge < -0.3 is 15.0 Å². The summed E-state index contributed by atoms with van der Waals surface area (Å²) in [5, 5.41) is 4.06. The maximum atomic E-state index is 13.1. The third-order valence-electron chi connectivity index (χ3n) is 4.45. The molecule has 2 aromatic carbocycles. The molecule has 0 aliphatic heterocycles. The molecule has 0 aliphatic carbocycles. The van der Waals surface area contributed by atoms with Crippen LogP contribution in [-0.4, -0.2) is 35.9 Å². The first-order valence-corrected chi connectivity index (χ1v) is 11.3. The second kappa shape index (κ2) is 12.2. The summed E-state index contributed by atoms with van der Waals surface area (Å²) in [5.41, 5.74) is 0.877. The van der Waals surface area contributed by atoms with Gasteiger partial charge in [0.2, 0.25) is 5.91 Å². The molecule has 1 N–H and O–H groups in total. The standard InChI is InChI=1S/C22H25BrCl2N2O3/c1-3-11-26-22(29)19(4-2)27(13-15-5-7-16(24)8-6-15)21(28)14-30-20-10-9-17(25)12-18(20)23/h5-10,12,19H,3-4,11,13-14H2,1-2H3,(H,26,29). The first-order chi connectivity index (χ1) is 14.3. The first kappa shape index (κ1) is 24.5. The van der Waals surface area contributed by atoms with Gasteiger partial charge in [0.15, 0.2) is 6.61 Å². The predicted octanol–water partition coefficient (Wildman–Crippen LogP) is 5.47. The number of hydrogen-bond donors (Lipinski definition) is 1. The van der Waals surface area contributed by atoms with Crippen LogP contribution in [0, 0.1) is 0 Å². The van der Waals surface area contributed by atoms with Crippen LogP contribution in [0.15, 0.2) is 46.9 Å². The van der Waals surface area contributed by atoms with Gasteiger partial charge in [0.25, 0.3) is 5.91 Å². The van der Waals surface area contributed by atoms with Crippen molar-refractivity contribution >= 4 is 50.9 Å². The van der Waals surface area contributed by atoms with Crippen LogP contribution in [0.25, 0.3) is 0 Å². The number of carbonyl (C=O) groups is 2. The van der Waals surface area contributed by atoms with Gasteiger partial charge in [-0.05, 0) is 64.7 Å². The molecule has 2 aromatic rings. The minimum atomic E-state index is -0.600. The second-order valence-electron chi connectivity index (χ2n) is 6.73. The van der Waals surface area contributed by atoms with Gasteiger partial charge in [0, 0.05) is 23.1 Å². The molecule has 0 saturated heterocycles. The lowest BCUT2D eigenvalue weighted by molar-refractivity contribution is -0.143. The Morgan fingerprint density at radius 3 is 2.37 bits per heavy atom. The summed E-state index contributed by atoms with van der Waals surface area (Å²) in [6.45, 7) is 4.50. The zero-order chi connectivity index (χ0) is 22.1. The van der Waals surface area contributed by atoms with Crippen molar-refractivity contribution in [2.45, 2.75) is 39.3 Å². The zero-order valence-electron chi connectivity index (χ0n) is 17.0. The Bertz CT molecular complexity index is 862. The van der Waals surface area contributed by atoms with E-state index in [-0.39, 0.29) is 25.0 Å². The Labute approximate surface area is 195 Å². The number of halogens is 3. The highest BCUT2D eigenvalue weighted by Crippen LogP contribution is 2.28. The van der Waals surface area contributed by atoms with Crippen LogP contribution in [0.3, 0.4) is 0 Å². The molecular formula is C22H25BrCl2N2O3. The van der Waals surface area contributed by atoms with E-state index in [4.69, 9.17) is 27.9 Å². The molecule has 0 bridgehead atoms. The summed E-state index contributed by atoms with van der Waals surface area (Å²) < 4.78 is 6.35. The summed E-state index contributed by atoms with van der Waals surface area (Å²) in [5.74, 6) is 0.0438. The SMILES string of the molecule is CCCNC(=O)C(CC)N(Cc1ccc(Cl)cc1)C(=O)COc1ccc(Cl)cc1Br. The van der Waals surface area contributed by atoms with E-state index in [0.717, 1.165) is 12.0 Å². The van der Waals surface area contributed by atoms with Gasteiger partial charge in [-0.2, -0.15) is 0 Å². The van der Waals surface area contributed by atoms with Crippen LogP contribution in [0.2, 0.25) is 10.0 Å². The number of rotatable bonds is 10. The highest BCUT2D eigenvalue weighted by molar-refractivity contribution is 9.10. The summed E-state index contributed by atoms with van der Waals surface area (Å²) in [6.07, 6.45) is 1.31. The molecule has 0 heterocycles. The number of nitrogens with one attached hydrogen (secondary N) is 1. The normalized spacial score (nSPS) is 11.6. The van der Waals surface area contributed by atoms with Crippen molar-refractivity contribution in [2.75, 3.05) is 13.2 Å². The molecule has 0 aromatic heterocycles. The molecule has 5 nitrogen and oxygen atoms in total. The topological polar surface area (TPSA) is 58.6 Å². The number of ether oxygens (including phenoxy) is 1. The van der Waals surface area contributed by atoms with Crippen molar-refractivity contribution in [1.82, 2.24) is 10.2 Å². The fourth-order valence-corrected chi connectivity index (χ4v) is 3.81. The molecular weight excluding hydrogens is 491 g/mol. The summed E-state index contributed by atoms with van der Waals surface area (Å²) in [7, 11) is 0. The van der Waals surface area contributed by atoms with Gasteiger partial charge in [-0.3, -0.25) is 9.59 Å². The minimum absolute atomic E-state index is 0.172. The van der Waals surface area contributed by atoms with Crippen molar-refractivity contribution < 1.29 is 14.3 Å². The maximum absolute atomic E-state index is 13.1. The van der Waals surface area contributed by atoms with Crippen molar-refractivity contribution in [3.05, 3.63) is 62.5 Å². The zero-order valence-corrected chi connectivity index (χ0v) is 20.1. The van der Waals surface area contributed by atoms with E-state index >= 15 is 0 Å². The average molecular weight is 516 g/mol. The number of nitrogens with zero attached hydrogens (tertiary/aromatic N) is 1. The number of hydrogen-bond acceptors (Lipinski definition) is 3. The fraction of sp³-hybridized carbons (Fsp3) is 0.364. The molecule has 0 radical (unpaired) electrons. The Morgan fingerprint density at radius 2 is 1.77 bits per heavy atom. The van der Waals surface area contributed by atoms with E-state index in [1.807, 2.05) is 26.0 Å². The molecule has 0 spiro atoms. The quantitative estimate of drug-likeness (QED) is 0.456. The van der Waals surface area contributed by atoms with Gasteiger partial charge in [-0.15, -0.1) is 0 Å². The number of amides is 2. The van der Waals surface area contributed by atoms with E-state index in [9.17, 15) is 9.59 Å². The average Bonchev–Trinajstić information content (AvgIpc) is 2.72. The van der Waals surface area contributed by atoms with E-state index in [1.165, 1.54) is 0 Å². The fourth-order valence-electron chi connectivity index (χ4n) is 2.89. The summed E-state index contributed by atoms with van der Waals surface area (Å²) in [4.78, 5) is 27.4. The van der Waals surface area contributed by atoms with E-state index in [0.29, 0.717) is 33.2 Å². The molecule has 2 rings (SSSR count). The van der Waals surface area contributed by atoms with Gasteiger partial charge in [0.1, 0.15) is 11.8 Å². The molecule has 162 valence electrons. The van der Waals surface area contributed by atoms with Crippen molar-refractivity contribution in [3.8, 4) is 5.75 Å². The van der Waals surface area contributed by atoms with Crippen LogP contribution in [0.5, 0.6) is 5.75 Å². The van der Waals surface area contributed by atoms with Crippen molar-refractivity contribution in [1.29, 1.82) is 0 Å². The van der Waals surface area contributed by atoms with E-state index in [2.05, 4.69) is 21.2 Å². The largest absolute Gasteiger partial charge is 0.483 e. The van der Waals surface area contributed by atoms with E-state index < -0.39 is 6.04 Å². The minimum Gasteiger partial charge on any atom is -0.483 e. The first-order valence-electron chi connectivity index (χ1n) is 9.75. The molecule has 30 heavy (non-hydrogen) atoms. The Morgan fingerprint density at radius 1 is 1.10 bits per heavy atom. The number of benzene rings is 2.